The van der Waals surface area contributed by atoms with Gasteiger partial charge in [-0.25, -0.2) is 0 Å². The topological polar surface area (TPSA) is 49.4 Å². The van der Waals surface area contributed by atoms with Gasteiger partial charge < -0.3 is 10.2 Å². The highest BCUT2D eigenvalue weighted by atomic mass is 79.9. The molecule has 27 heavy (non-hydrogen) atoms. The Morgan fingerprint density at radius 1 is 1.07 bits per heavy atom. The van der Waals surface area contributed by atoms with Gasteiger partial charge in [-0.1, -0.05) is 58.4 Å². The van der Waals surface area contributed by atoms with Gasteiger partial charge >= 0.3 is 0 Å². The highest BCUT2D eigenvalue weighted by Gasteiger charge is 2.26. The van der Waals surface area contributed by atoms with Crippen LogP contribution in [0.25, 0.3) is 6.08 Å². The van der Waals surface area contributed by atoms with Gasteiger partial charge in [-0.15, -0.1) is 0 Å². The van der Waals surface area contributed by atoms with Crippen molar-refractivity contribution in [3.63, 3.8) is 0 Å². The summed E-state index contributed by atoms with van der Waals surface area (Å²) in [6, 6.07) is 17.7. The summed E-state index contributed by atoms with van der Waals surface area (Å²) in [7, 11) is 0. The monoisotopic (exact) mass is 426 g/mol. The molecule has 1 saturated heterocycles. The summed E-state index contributed by atoms with van der Waals surface area (Å²) in [6.45, 7) is 1.78. The minimum Gasteiger partial charge on any atom is -0.352 e. The molecule has 4 nitrogen and oxygen atoms in total. The minimum absolute atomic E-state index is 0.00174. The molecule has 2 aromatic carbocycles. The molecule has 3 rings (SSSR count). The first-order chi connectivity index (χ1) is 13.1. The maximum atomic E-state index is 12.4. The van der Waals surface area contributed by atoms with Crippen molar-refractivity contribution < 1.29 is 9.59 Å². The zero-order chi connectivity index (χ0) is 19.1. The molecule has 0 radical (unpaired) electrons. The van der Waals surface area contributed by atoms with E-state index in [1.54, 1.807) is 6.08 Å². The summed E-state index contributed by atoms with van der Waals surface area (Å²) in [5.41, 5.74) is 2.07. The van der Waals surface area contributed by atoms with E-state index in [0.29, 0.717) is 32.5 Å². The average Bonchev–Trinajstić information content (AvgIpc) is 2.71. The number of likely N-dealkylation sites (tertiary alicyclic amines) is 1. The molecule has 0 aromatic heterocycles. The number of carbonyl (C=O) groups excluding carboxylic acids is 2. The smallest absolute Gasteiger partial charge is 0.246 e. The summed E-state index contributed by atoms with van der Waals surface area (Å²) >= 11 is 3.43. The van der Waals surface area contributed by atoms with Crippen molar-refractivity contribution in [2.45, 2.75) is 19.4 Å². The van der Waals surface area contributed by atoms with E-state index in [1.807, 2.05) is 65.6 Å². The number of benzene rings is 2. The third-order valence-electron chi connectivity index (χ3n) is 4.75. The zero-order valence-corrected chi connectivity index (χ0v) is 16.7. The minimum atomic E-state index is -0.0215. The molecule has 5 heteroatoms. The number of hydrogen-bond donors (Lipinski definition) is 1. The summed E-state index contributed by atoms with van der Waals surface area (Å²) in [5, 5.41) is 3.00. The maximum absolute atomic E-state index is 12.4. The number of piperidine rings is 1. The Morgan fingerprint density at radius 2 is 1.81 bits per heavy atom. The lowest BCUT2D eigenvalue weighted by atomic mass is 9.95. The van der Waals surface area contributed by atoms with Crippen molar-refractivity contribution in [2.75, 3.05) is 13.1 Å². The van der Waals surface area contributed by atoms with Gasteiger partial charge in [0, 0.05) is 36.1 Å². The van der Waals surface area contributed by atoms with Crippen LogP contribution in [0, 0.1) is 5.92 Å². The average molecular weight is 427 g/mol. The number of nitrogens with one attached hydrogen (secondary N) is 1. The lowest BCUT2D eigenvalue weighted by Gasteiger charge is -2.30. The zero-order valence-electron chi connectivity index (χ0n) is 15.1. The molecular formula is C22H23BrN2O2. The molecule has 0 saturated carbocycles. The molecule has 0 spiro atoms. The number of amides is 2. The Bertz CT molecular complexity index is 812. The van der Waals surface area contributed by atoms with E-state index in [2.05, 4.69) is 21.2 Å². The summed E-state index contributed by atoms with van der Waals surface area (Å²) in [4.78, 5) is 26.5. The molecule has 1 fully saturated rings. The molecule has 1 heterocycles. The van der Waals surface area contributed by atoms with Crippen molar-refractivity contribution in [1.82, 2.24) is 10.2 Å². The van der Waals surface area contributed by atoms with Crippen molar-refractivity contribution in [1.29, 1.82) is 0 Å². The van der Waals surface area contributed by atoms with Gasteiger partial charge in [-0.05, 0) is 42.2 Å². The van der Waals surface area contributed by atoms with Crippen molar-refractivity contribution in [3.05, 3.63) is 76.3 Å². The van der Waals surface area contributed by atoms with Crippen LogP contribution in [0.4, 0.5) is 0 Å². The second-order valence-corrected chi connectivity index (χ2v) is 7.61. The Labute approximate surface area is 168 Å². The van der Waals surface area contributed by atoms with Crippen LogP contribution < -0.4 is 5.32 Å². The van der Waals surface area contributed by atoms with Gasteiger partial charge in [0.15, 0.2) is 0 Å². The van der Waals surface area contributed by atoms with E-state index >= 15 is 0 Å². The number of halogens is 1. The molecule has 2 amide bonds. The van der Waals surface area contributed by atoms with Gasteiger partial charge in [0.2, 0.25) is 11.8 Å². The highest BCUT2D eigenvalue weighted by Crippen LogP contribution is 2.18. The summed E-state index contributed by atoms with van der Waals surface area (Å²) in [5.74, 6) is 0.0561. The standard InChI is InChI=1S/C22H23BrN2O2/c23-20-8-4-7-17(15-20)9-10-21(26)25-13-11-19(12-14-25)22(27)24-16-18-5-2-1-3-6-18/h1-10,15,19H,11-14,16H2,(H,24,27)/b10-9+. The molecule has 0 aliphatic carbocycles. The van der Waals surface area contributed by atoms with Gasteiger partial charge in [-0.3, -0.25) is 9.59 Å². The Morgan fingerprint density at radius 3 is 2.52 bits per heavy atom. The molecular weight excluding hydrogens is 404 g/mol. The molecule has 1 aliphatic heterocycles. The summed E-state index contributed by atoms with van der Waals surface area (Å²) in [6.07, 6.45) is 4.84. The fraction of sp³-hybridized carbons (Fsp3) is 0.273. The van der Waals surface area contributed by atoms with E-state index in [-0.39, 0.29) is 17.7 Å². The predicted octanol–water partition coefficient (Wildman–Crippen LogP) is 4.02. The third kappa shape index (κ3) is 5.79. The lowest BCUT2D eigenvalue weighted by Crippen LogP contribution is -2.42. The molecule has 0 unspecified atom stereocenters. The van der Waals surface area contributed by atoms with E-state index in [0.717, 1.165) is 15.6 Å². The summed E-state index contributed by atoms with van der Waals surface area (Å²) < 4.78 is 0.986. The first-order valence-corrected chi connectivity index (χ1v) is 9.95. The Kier molecular flexibility index (Phi) is 6.82. The van der Waals surface area contributed by atoms with Crippen molar-refractivity contribution >= 4 is 33.8 Å². The van der Waals surface area contributed by atoms with Crippen molar-refractivity contribution in [2.24, 2.45) is 5.92 Å². The van der Waals surface area contributed by atoms with Gasteiger partial charge in [0.25, 0.3) is 0 Å². The highest BCUT2D eigenvalue weighted by molar-refractivity contribution is 9.10. The molecule has 1 N–H and O–H groups in total. The molecule has 0 atom stereocenters. The van der Waals surface area contributed by atoms with E-state index in [1.165, 1.54) is 0 Å². The Hall–Kier alpha value is -2.40. The second-order valence-electron chi connectivity index (χ2n) is 6.69. The molecule has 0 bridgehead atoms. The largest absolute Gasteiger partial charge is 0.352 e. The SMILES string of the molecule is O=C(NCc1ccccc1)C1CCN(C(=O)/C=C/c2cccc(Br)c2)CC1. The van der Waals surface area contributed by atoms with Crippen LogP contribution in [0.3, 0.4) is 0 Å². The van der Waals surface area contributed by atoms with Gasteiger partial charge in [-0.2, -0.15) is 0 Å². The van der Waals surface area contributed by atoms with Crippen LogP contribution in [0.15, 0.2) is 65.1 Å². The Balaban J connectivity index is 1.45. The maximum Gasteiger partial charge on any atom is 0.246 e. The number of carbonyl (C=O) groups is 2. The first kappa shape index (κ1) is 19.4. The van der Waals surface area contributed by atoms with E-state index in [9.17, 15) is 9.59 Å². The van der Waals surface area contributed by atoms with Crippen LogP contribution in [-0.4, -0.2) is 29.8 Å². The van der Waals surface area contributed by atoms with Gasteiger partial charge in [0.05, 0.1) is 0 Å². The first-order valence-electron chi connectivity index (χ1n) is 9.16. The molecule has 140 valence electrons. The molecule has 1 aliphatic rings. The lowest BCUT2D eigenvalue weighted by molar-refractivity contribution is -0.132. The number of rotatable bonds is 5. The fourth-order valence-corrected chi connectivity index (χ4v) is 3.59. The van der Waals surface area contributed by atoms with Crippen molar-refractivity contribution in [3.8, 4) is 0 Å². The quantitative estimate of drug-likeness (QED) is 0.733. The predicted molar refractivity (Wildman–Crippen MR) is 111 cm³/mol. The fourth-order valence-electron chi connectivity index (χ4n) is 3.17. The number of hydrogen-bond acceptors (Lipinski definition) is 2. The van der Waals surface area contributed by atoms with Crippen LogP contribution in [0.1, 0.15) is 24.0 Å². The van der Waals surface area contributed by atoms with Crippen LogP contribution in [0.5, 0.6) is 0 Å². The third-order valence-corrected chi connectivity index (χ3v) is 5.25. The van der Waals surface area contributed by atoms with Crippen LogP contribution in [-0.2, 0) is 16.1 Å². The van der Waals surface area contributed by atoms with Crippen LogP contribution in [0.2, 0.25) is 0 Å². The normalized spacial score (nSPS) is 15.1. The van der Waals surface area contributed by atoms with E-state index < -0.39 is 0 Å². The molecule has 2 aromatic rings. The van der Waals surface area contributed by atoms with Gasteiger partial charge in [0.1, 0.15) is 0 Å². The van der Waals surface area contributed by atoms with E-state index in [4.69, 9.17) is 0 Å². The van der Waals surface area contributed by atoms with Crippen LogP contribution >= 0.6 is 15.9 Å². The second kappa shape index (κ2) is 9.51. The number of nitrogens with zero attached hydrogens (tertiary/aromatic N) is 1.